The van der Waals surface area contributed by atoms with Gasteiger partial charge in [0.05, 0.1) is 11.1 Å². The fourth-order valence-electron chi connectivity index (χ4n) is 2.69. The van der Waals surface area contributed by atoms with Crippen LogP contribution in [0.2, 0.25) is 0 Å². The highest BCUT2D eigenvalue weighted by atomic mass is 16.4. The number of carbonyl (C=O) groups is 3. The minimum absolute atomic E-state index is 0.0429. The molecule has 2 aromatic rings. The number of hydrogen-bond donors (Lipinski definition) is 1. The van der Waals surface area contributed by atoms with E-state index in [0.717, 1.165) is 4.90 Å². The van der Waals surface area contributed by atoms with Crippen LogP contribution in [0, 0.1) is 25.2 Å². The van der Waals surface area contributed by atoms with Gasteiger partial charge in [-0.2, -0.15) is 5.26 Å². The lowest BCUT2D eigenvalue weighted by molar-refractivity contribution is -0.116. The van der Waals surface area contributed by atoms with Gasteiger partial charge in [-0.3, -0.25) is 24.6 Å². The highest BCUT2D eigenvalue weighted by Crippen LogP contribution is 2.26. The number of rotatable bonds is 4. The number of carbonyl (C=O) groups excluding carboxylic acids is 3. The molecule has 1 aliphatic rings. The molecular weight excluding hydrogens is 322 g/mol. The van der Waals surface area contributed by atoms with Crippen LogP contribution in [0.4, 0.5) is 5.88 Å². The van der Waals surface area contributed by atoms with Gasteiger partial charge in [0.25, 0.3) is 11.8 Å². The molecule has 1 aromatic heterocycles. The van der Waals surface area contributed by atoms with Crippen LogP contribution in [0.25, 0.3) is 0 Å². The maximum absolute atomic E-state index is 12.2. The zero-order valence-corrected chi connectivity index (χ0v) is 13.8. The summed E-state index contributed by atoms with van der Waals surface area (Å²) in [5.74, 6) is -0.620. The molecule has 0 fully saturated rings. The molecule has 0 saturated heterocycles. The fraction of sp³-hybridized carbons (Fsp3) is 0.222. The highest BCUT2D eigenvalue weighted by molar-refractivity contribution is 6.21. The van der Waals surface area contributed by atoms with Gasteiger partial charge in [-0.15, -0.1) is 0 Å². The third kappa shape index (κ3) is 2.78. The second-order valence-corrected chi connectivity index (χ2v) is 5.70. The van der Waals surface area contributed by atoms with Crippen LogP contribution in [0.1, 0.15) is 44.0 Å². The summed E-state index contributed by atoms with van der Waals surface area (Å²) < 4.78 is 5.37. The second kappa shape index (κ2) is 6.24. The molecule has 7 heteroatoms. The predicted octanol–water partition coefficient (Wildman–Crippen LogP) is 2.39. The third-order valence-corrected chi connectivity index (χ3v) is 4.19. The number of imide groups is 1. The van der Waals surface area contributed by atoms with Gasteiger partial charge in [-0.25, -0.2) is 0 Å². The van der Waals surface area contributed by atoms with Crippen LogP contribution in [-0.2, 0) is 4.79 Å². The minimum Gasteiger partial charge on any atom is -0.444 e. The van der Waals surface area contributed by atoms with Crippen molar-refractivity contribution >= 4 is 23.6 Å². The van der Waals surface area contributed by atoms with E-state index in [1.54, 1.807) is 38.1 Å². The number of nitriles is 1. The Morgan fingerprint density at radius 2 is 1.80 bits per heavy atom. The summed E-state index contributed by atoms with van der Waals surface area (Å²) in [4.78, 5) is 37.6. The van der Waals surface area contributed by atoms with Crippen LogP contribution in [0.15, 0.2) is 28.7 Å². The molecule has 0 atom stereocenters. The van der Waals surface area contributed by atoms with E-state index in [9.17, 15) is 14.4 Å². The first kappa shape index (κ1) is 16.5. The van der Waals surface area contributed by atoms with Crippen molar-refractivity contribution in [2.45, 2.75) is 20.3 Å². The van der Waals surface area contributed by atoms with E-state index in [1.807, 2.05) is 6.07 Å². The number of hydrogen-bond acceptors (Lipinski definition) is 5. The van der Waals surface area contributed by atoms with Crippen molar-refractivity contribution in [2.75, 3.05) is 11.9 Å². The lowest BCUT2D eigenvalue weighted by Crippen LogP contribution is -2.32. The summed E-state index contributed by atoms with van der Waals surface area (Å²) in [5, 5.41) is 11.7. The number of anilines is 1. The number of amides is 3. The standard InChI is InChI=1S/C18H15N3O4/c1-10-11(2)25-16(14(10)9-19)20-15(22)7-8-21-17(23)12-5-3-4-6-13(12)18(21)24/h3-6H,7-8H2,1-2H3,(H,20,22). The molecular formula is C18H15N3O4. The molecule has 3 rings (SSSR count). The van der Waals surface area contributed by atoms with Gasteiger partial charge in [0.2, 0.25) is 11.8 Å². The molecule has 1 N–H and O–H groups in total. The van der Waals surface area contributed by atoms with Crippen molar-refractivity contribution in [2.24, 2.45) is 0 Å². The first-order chi connectivity index (χ1) is 11.9. The van der Waals surface area contributed by atoms with Gasteiger partial charge in [0.1, 0.15) is 17.4 Å². The molecule has 7 nitrogen and oxygen atoms in total. The summed E-state index contributed by atoms with van der Waals surface area (Å²) in [6.45, 7) is 3.38. The van der Waals surface area contributed by atoms with Gasteiger partial charge in [0.15, 0.2) is 0 Å². The van der Waals surface area contributed by atoms with E-state index >= 15 is 0 Å². The topological polar surface area (TPSA) is 103 Å². The molecule has 0 saturated carbocycles. The number of aryl methyl sites for hydroxylation is 1. The van der Waals surface area contributed by atoms with Crippen LogP contribution in [0.3, 0.4) is 0 Å². The lowest BCUT2D eigenvalue weighted by Gasteiger charge is -2.13. The molecule has 1 aromatic carbocycles. The maximum atomic E-state index is 12.2. The second-order valence-electron chi connectivity index (χ2n) is 5.70. The Hall–Kier alpha value is -3.40. The Morgan fingerprint density at radius 1 is 1.20 bits per heavy atom. The molecule has 0 aliphatic carbocycles. The summed E-state index contributed by atoms with van der Waals surface area (Å²) >= 11 is 0. The van der Waals surface area contributed by atoms with Gasteiger partial charge in [-0.1, -0.05) is 12.1 Å². The number of furan rings is 1. The van der Waals surface area contributed by atoms with Gasteiger partial charge < -0.3 is 4.42 Å². The van der Waals surface area contributed by atoms with E-state index in [2.05, 4.69) is 5.32 Å². The molecule has 0 radical (unpaired) electrons. The van der Waals surface area contributed by atoms with Gasteiger partial charge in [0, 0.05) is 18.5 Å². The normalized spacial score (nSPS) is 12.9. The van der Waals surface area contributed by atoms with Crippen molar-refractivity contribution in [3.05, 3.63) is 52.3 Å². The Kier molecular flexibility index (Phi) is 4.11. The number of nitrogens with one attached hydrogen (secondary N) is 1. The van der Waals surface area contributed by atoms with Crippen LogP contribution in [-0.4, -0.2) is 29.2 Å². The maximum Gasteiger partial charge on any atom is 0.261 e. The Balaban J connectivity index is 1.66. The minimum atomic E-state index is -0.443. The van der Waals surface area contributed by atoms with Crippen LogP contribution < -0.4 is 5.32 Å². The van der Waals surface area contributed by atoms with Crippen molar-refractivity contribution < 1.29 is 18.8 Å². The molecule has 2 heterocycles. The number of fused-ring (bicyclic) bond motifs is 1. The van der Waals surface area contributed by atoms with Gasteiger partial charge >= 0.3 is 0 Å². The van der Waals surface area contributed by atoms with Crippen molar-refractivity contribution in [1.29, 1.82) is 5.26 Å². The molecule has 25 heavy (non-hydrogen) atoms. The quantitative estimate of drug-likeness (QED) is 0.863. The molecule has 126 valence electrons. The third-order valence-electron chi connectivity index (χ3n) is 4.19. The van der Waals surface area contributed by atoms with Gasteiger partial charge in [-0.05, 0) is 26.0 Å². The van der Waals surface area contributed by atoms with E-state index in [-0.39, 0.29) is 24.4 Å². The summed E-state index contributed by atoms with van der Waals surface area (Å²) in [7, 11) is 0. The zero-order chi connectivity index (χ0) is 18.1. The van der Waals surface area contributed by atoms with E-state index in [4.69, 9.17) is 9.68 Å². The highest BCUT2D eigenvalue weighted by Gasteiger charge is 2.35. The van der Waals surface area contributed by atoms with Crippen molar-refractivity contribution in [3.63, 3.8) is 0 Å². The Labute approximate surface area is 143 Å². The lowest BCUT2D eigenvalue weighted by atomic mass is 10.1. The zero-order valence-electron chi connectivity index (χ0n) is 13.8. The number of nitrogens with zero attached hydrogens (tertiary/aromatic N) is 2. The smallest absolute Gasteiger partial charge is 0.261 e. The Bertz CT molecular complexity index is 901. The molecule has 1 aliphatic heterocycles. The molecule has 0 unspecified atom stereocenters. The molecule has 0 spiro atoms. The average molecular weight is 337 g/mol. The number of benzene rings is 1. The van der Waals surface area contributed by atoms with Crippen molar-refractivity contribution in [3.8, 4) is 6.07 Å². The molecule has 3 amide bonds. The first-order valence-electron chi connectivity index (χ1n) is 7.69. The SMILES string of the molecule is Cc1oc(NC(=O)CCN2C(=O)c3ccccc3C2=O)c(C#N)c1C. The van der Waals surface area contributed by atoms with Crippen LogP contribution in [0.5, 0.6) is 0 Å². The summed E-state index contributed by atoms with van der Waals surface area (Å²) in [6.07, 6.45) is -0.0882. The van der Waals surface area contributed by atoms with Crippen LogP contribution >= 0.6 is 0 Å². The predicted molar refractivity (Wildman–Crippen MR) is 88.0 cm³/mol. The van der Waals surface area contributed by atoms with E-state index in [0.29, 0.717) is 22.5 Å². The van der Waals surface area contributed by atoms with E-state index in [1.165, 1.54) is 0 Å². The summed E-state index contributed by atoms with van der Waals surface area (Å²) in [6, 6.07) is 8.53. The van der Waals surface area contributed by atoms with E-state index < -0.39 is 17.7 Å². The monoisotopic (exact) mass is 337 g/mol. The fourth-order valence-corrected chi connectivity index (χ4v) is 2.69. The Morgan fingerprint density at radius 3 is 2.36 bits per heavy atom. The molecule has 0 bridgehead atoms. The average Bonchev–Trinajstić information content (AvgIpc) is 3.00. The summed E-state index contributed by atoms with van der Waals surface area (Å²) in [5.41, 5.74) is 1.62. The largest absolute Gasteiger partial charge is 0.444 e. The first-order valence-corrected chi connectivity index (χ1v) is 7.69. The van der Waals surface area contributed by atoms with Crippen molar-refractivity contribution in [1.82, 2.24) is 4.90 Å².